The number of hydrogen-bond acceptors (Lipinski definition) is 4. The number of halogens is 1. The van der Waals surface area contributed by atoms with Gasteiger partial charge in [-0.25, -0.2) is 8.42 Å². The molecule has 0 aromatic heterocycles. The van der Waals surface area contributed by atoms with Crippen LogP contribution in [0.25, 0.3) is 0 Å². The molecule has 0 spiro atoms. The number of thioether (sulfide) groups is 1. The van der Waals surface area contributed by atoms with Gasteiger partial charge in [-0.2, -0.15) is 4.99 Å². The molecule has 1 amide bonds. The Morgan fingerprint density at radius 3 is 2.68 bits per heavy atom. The van der Waals surface area contributed by atoms with Crippen molar-refractivity contribution in [2.24, 2.45) is 10.9 Å². The van der Waals surface area contributed by atoms with E-state index in [-0.39, 0.29) is 34.6 Å². The molecule has 5 nitrogen and oxygen atoms in total. The lowest BCUT2D eigenvalue weighted by Crippen LogP contribution is -2.37. The molecule has 1 aromatic carbocycles. The number of amidine groups is 1. The van der Waals surface area contributed by atoms with E-state index < -0.39 is 9.84 Å². The number of rotatable bonds is 4. The highest BCUT2D eigenvalue weighted by Crippen LogP contribution is 2.39. The maximum Gasteiger partial charge on any atom is 0.250 e. The van der Waals surface area contributed by atoms with E-state index in [1.54, 1.807) is 0 Å². The second kappa shape index (κ2) is 7.29. The van der Waals surface area contributed by atoms with Gasteiger partial charge < -0.3 is 4.90 Å². The third-order valence-electron chi connectivity index (χ3n) is 4.68. The van der Waals surface area contributed by atoms with Gasteiger partial charge in [0.15, 0.2) is 15.0 Å². The Morgan fingerprint density at radius 1 is 1.36 bits per heavy atom. The fourth-order valence-electron chi connectivity index (χ4n) is 2.99. The molecule has 0 bridgehead atoms. The van der Waals surface area contributed by atoms with Crippen LogP contribution < -0.4 is 0 Å². The molecule has 2 aliphatic rings. The molecular formula is C17H21ClN2O3S2. The first-order valence-corrected chi connectivity index (χ1v) is 11.4. The van der Waals surface area contributed by atoms with Gasteiger partial charge in [0.1, 0.15) is 0 Å². The molecule has 25 heavy (non-hydrogen) atoms. The fourth-order valence-corrected chi connectivity index (χ4v) is 7.07. The number of sulfone groups is 1. The summed E-state index contributed by atoms with van der Waals surface area (Å²) in [5.41, 5.74) is 1.01. The molecule has 3 unspecified atom stereocenters. The highest BCUT2D eigenvalue weighted by molar-refractivity contribution is 8.15. The van der Waals surface area contributed by atoms with Gasteiger partial charge in [0.2, 0.25) is 0 Å². The highest BCUT2D eigenvalue weighted by Gasteiger charge is 2.48. The van der Waals surface area contributed by atoms with Crippen molar-refractivity contribution in [3.05, 3.63) is 34.9 Å². The minimum Gasteiger partial charge on any atom is -0.342 e. The number of amides is 1. The molecule has 8 heteroatoms. The van der Waals surface area contributed by atoms with Crippen LogP contribution >= 0.6 is 23.4 Å². The number of carbonyl (C=O) groups excluding carboxylic acids is 1. The maximum atomic E-state index is 12.3. The second-order valence-corrected chi connectivity index (χ2v) is 10.4. The van der Waals surface area contributed by atoms with Gasteiger partial charge >= 0.3 is 0 Å². The quantitative estimate of drug-likeness (QED) is 0.777. The van der Waals surface area contributed by atoms with E-state index in [4.69, 9.17) is 11.6 Å². The summed E-state index contributed by atoms with van der Waals surface area (Å²) in [5.74, 6) is -0.00581. The molecular weight excluding hydrogens is 380 g/mol. The Labute approximate surface area is 157 Å². The van der Waals surface area contributed by atoms with Crippen molar-refractivity contribution in [3.63, 3.8) is 0 Å². The van der Waals surface area contributed by atoms with E-state index in [1.807, 2.05) is 43.0 Å². The summed E-state index contributed by atoms with van der Waals surface area (Å²) in [6.45, 7) is 4.34. The second-order valence-electron chi connectivity index (χ2n) is 6.60. The van der Waals surface area contributed by atoms with Gasteiger partial charge in [0.25, 0.3) is 5.91 Å². The van der Waals surface area contributed by atoms with Gasteiger partial charge in [-0.05, 0) is 24.1 Å². The lowest BCUT2D eigenvalue weighted by atomic mass is 10.1. The normalized spacial score (nSPS) is 27.5. The van der Waals surface area contributed by atoms with Crippen molar-refractivity contribution < 1.29 is 13.2 Å². The number of aliphatic imine (C=N–C) groups is 1. The Bertz CT molecular complexity index is 793. The summed E-state index contributed by atoms with van der Waals surface area (Å²) >= 11 is 7.36. The third kappa shape index (κ3) is 4.20. The molecule has 0 aliphatic carbocycles. The van der Waals surface area contributed by atoms with Crippen molar-refractivity contribution in [2.45, 2.75) is 38.1 Å². The summed E-state index contributed by atoms with van der Waals surface area (Å²) < 4.78 is 24.0. The zero-order chi connectivity index (χ0) is 18.2. The minimum atomic E-state index is -3.03. The molecule has 2 heterocycles. The average molecular weight is 401 g/mol. The number of nitrogens with zero attached hydrogens (tertiary/aromatic N) is 2. The van der Waals surface area contributed by atoms with Gasteiger partial charge in [-0.15, -0.1) is 0 Å². The summed E-state index contributed by atoms with van der Waals surface area (Å²) in [4.78, 5) is 18.6. The zero-order valence-corrected chi connectivity index (χ0v) is 16.6. The SMILES string of the molecule is CCC(C)C(=O)N=C1SC2CS(=O)(=O)CC2N1Cc1ccc(Cl)cc1. The van der Waals surface area contributed by atoms with Crippen molar-refractivity contribution in [2.75, 3.05) is 11.5 Å². The molecule has 136 valence electrons. The molecule has 3 atom stereocenters. The Morgan fingerprint density at radius 2 is 2.04 bits per heavy atom. The van der Waals surface area contributed by atoms with Crippen LogP contribution in [0, 0.1) is 5.92 Å². The summed E-state index contributed by atoms with van der Waals surface area (Å²) in [6.07, 6.45) is 0.735. The summed E-state index contributed by atoms with van der Waals surface area (Å²) in [7, 11) is -3.03. The number of benzene rings is 1. The van der Waals surface area contributed by atoms with Crippen molar-refractivity contribution in [1.82, 2.24) is 4.90 Å². The minimum absolute atomic E-state index is 0.0548. The van der Waals surface area contributed by atoms with Crippen LogP contribution in [0.1, 0.15) is 25.8 Å². The average Bonchev–Trinajstić information content (AvgIpc) is 3.01. The molecule has 3 rings (SSSR count). The summed E-state index contributed by atoms with van der Waals surface area (Å²) in [6, 6.07) is 7.32. The molecule has 0 saturated carbocycles. The molecule has 0 N–H and O–H groups in total. The van der Waals surface area contributed by atoms with Crippen LogP contribution in [0.15, 0.2) is 29.3 Å². The Kier molecular flexibility index (Phi) is 5.46. The Balaban J connectivity index is 1.88. The van der Waals surface area contributed by atoms with E-state index in [2.05, 4.69) is 4.99 Å². The van der Waals surface area contributed by atoms with E-state index in [0.717, 1.165) is 12.0 Å². The highest BCUT2D eigenvalue weighted by atomic mass is 35.5. The van der Waals surface area contributed by atoms with E-state index in [0.29, 0.717) is 16.7 Å². The summed E-state index contributed by atoms with van der Waals surface area (Å²) in [5, 5.41) is 1.24. The van der Waals surface area contributed by atoms with Crippen molar-refractivity contribution >= 4 is 44.3 Å². The maximum absolute atomic E-state index is 12.3. The standard InChI is InChI=1S/C17H21ClN2O3S2/c1-3-11(2)16(21)19-17-20(8-12-4-6-13(18)7-5-12)14-9-25(22,23)10-15(14)24-17/h4-7,11,14-15H,3,8-10H2,1-2H3. The van der Waals surface area contributed by atoms with Crippen LogP contribution in [0.2, 0.25) is 5.02 Å². The molecule has 2 fully saturated rings. The van der Waals surface area contributed by atoms with E-state index >= 15 is 0 Å². The van der Waals surface area contributed by atoms with Crippen molar-refractivity contribution in [1.29, 1.82) is 0 Å². The Hall–Kier alpha value is -1.05. The van der Waals surface area contributed by atoms with Gasteiger partial charge in [0, 0.05) is 22.7 Å². The topological polar surface area (TPSA) is 66.8 Å². The van der Waals surface area contributed by atoms with E-state index in [9.17, 15) is 13.2 Å². The first kappa shape index (κ1) is 18.7. The van der Waals surface area contributed by atoms with Crippen LogP contribution in [-0.4, -0.2) is 47.2 Å². The zero-order valence-electron chi connectivity index (χ0n) is 14.2. The largest absolute Gasteiger partial charge is 0.342 e. The van der Waals surface area contributed by atoms with Gasteiger partial charge in [-0.3, -0.25) is 4.79 Å². The first-order valence-electron chi connectivity index (χ1n) is 8.29. The predicted octanol–water partition coefficient (Wildman–Crippen LogP) is 2.98. The molecule has 1 aromatic rings. The lowest BCUT2D eigenvalue weighted by molar-refractivity contribution is -0.121. The molecule has 2 aliphatic heterocycles. The fraction of sp³-hybridized carbons (Fsp3) is 0.529. The van der Waals surface area contributed by atoms with Crippen molar-refractivity contribution in [3.8, 4) is 0 Å². The monoisotopic (exact) mass is 400 g/mol. The molecule has 2 saturated heterocycles. The molecule has 0 radical (unpaired) electrons. The third-order valence-corrected chi connectivity index (χ3v) is 8.18. The number of carbonyl (C=O) groups is 1. The number of fused-ring (bicyclic) bond motifs is 1. The van der Waals surface area contributed by atoms with Crippen LogP contribution in [0.3, 0.4) is 0 Å². The smallest absolute Gasteiger partial charge is 0.250 e. The van der Waals surface area contributed by atoms with Crippen LogP contribution in [0.4, 0.5) is 0 Å². The van der Waals surface area contributed by atoms with Gasteiger partial charge in [-0.1, -0.05) is 49.3 Å². The lowest BCUT2D eigenvalue weighted by Gasteiger charge is -2.24. The number of hydrogen-bond donors (Lipinski definition) is 0. The predicted molar refractivity (Wildman–Crippen MR) is 103 cm³/mol. The first-order chi connectivity index (χ1) is 11.8. The van der Waals surface area contributed by atoms with Crippen LogP contribution in [-0.2, 0) is 21.2 Å². The van der Waals surface area contributed by atoms with Crippen LogP contribution in [0.5, 0.6) is 0 Å². The van der Waals surface area contributed by atoms with E-state index in [1.165, 1.54) is 11.8 Å². The van der Waals surface area contributed by atoms with Gasteiger partial charge in [0.05, 0.1) is 17.5 Å².